The summed E-state index contributed by atoms with van der Waals surface area (Å²) in [6, 6.07) is 5.73. The van der Waals surface area contributed by atoms with Crippen LogP contribution < -0.4 is 10.2 Å². The van der Waals surface area contributed by atoms with E-state index in [0.717, 1.165) is 70.4 Å². The lowest BCUT2D eigenvalue weighted by Crippen LogP contribution is -2.49. The van der Waals surface area contributed by atoms with E-state index in [1.165, 1.54) is 6.42 Å². The van der Waals surface area contributed by atoms with Gasteiger partial charge in [0.25, 0.3) is 5.91 Å². The maximum Gasteiger partial charge on any atom is 0.256 e. The third-order valence-electron chi connectivity index (χ3n) is 6.94. The Morgan fingerprint density at radius 1 is 0.774 bits per heavy atom. The summed E-state index contributed by atoms with van der Waals surface area (Å²) >= 11 is 0. The zero-order valence-corrected chi connectivity index (χ0v) is 18.1. The number of nitrogens with one attached hydrogen (secondary N) is 1. The molecule has 0 radical (unpaired) electrons. The highest BCUT2D eigenvalue weighted by atomic mass is 16.2. The molecule has 166 valence electrons. The topological polar surface area (TPSA) is 73.0 Å². The van der Waals surface area contributed by atoms with Crippen molar-refractivity contribution in [2.75, 3.05) is 49.5 Å². The maximum atomic E-state index is 13.4. The zero-order chi connectivity index (χ0) is 21.4. The second-order valence-corrected chi connectivity index (χ2v) is 9.43. The number of nitrogens with zero attached hydrogens (tertiary/aromatic N) is 3. The van der Waals surface area contributed by atoms with Crippen molar-refractivity contribution >= 4 is 29.1 Å². The van der Waals surface area contributed by atoms with Gasteiger partial charge in [0.15, 0.2) is 0 Å². The highest BCUT2D eigenvalue weighted by Gasteiger charge is 2.35. The van der Waals surface area contributed by atoms with Crippen molar-refractivity contribution in [1.82, 2.24) is 9.80 Å². The molecule has 0 spiro atoms. The second kappa shape index (κ2) is 8.52. The van der Waals surface area contributed by atoms with Crippen molar-refractivity contribution in [1.29, 1.82) is 0 Å². The number of piperidine rings is 1. The average Bonchev–Trinajstić information content (AvgIpc) is 3.72. The molecule has 2 aliphatic heterocycles. The van der Waals surface area contributed by atoms with E-state index < -0.39 is 0 Å². The molecule has 2 saturated heterocycles. The van der Waals surface area contributed by atoms with Gasteiger partial charge in [-0.3, -0.25) is 14.4 Å². The van der Waals surface area contributed by atoms with Gasteiger partial charge in [-0.1, -0.05) is 0 Å². The molecule has 3 amide bonds. The lowest BCUT2D eigenvalue weighted by Gasteiger charge is -2.37. The number of amides is 3. The Kier molecular flexibility index (Phi) is 5.59. The van der Waals surface area contributed by atoms with Gasteiger partial charge in [0, 0.05) is 62.5 Å². The Balaban J connectivity index is 1.35. The van der Waals surface area contributed by atoms with E-state index in [1.54, 1.807) is 0 Å². The van der Waals surface area contributed by atoms with Crippen molar-refractivity contribution in [2.24, 2.45) is 11.8 Å². The summed E-state index contributed by atoms with van der Waals surface area (Å²) < 4.78 is 0. The van der Waals surface area contributed by atoms with Gasteiger partial charge in [-0.15, -0.1) is 0 Å². The summed E-state index contributed by atoms with van der Waals surface area (Å²) in [5, 5.41) is 2.99. The number of carbonyl (C=O) groups is 3. The van der Waals surface area contributed by atoms with Gasteiger partial charge < -0.3 is 20.0 Å². The summed E-state index contributed by atoms with van der Waals surface area (Å²) in [6.07, 6.45) is 7.22. The number of anilines is 2. The molecule has 2 aliphatic carbocycles. The van der Waals surface area contributed by atoms with Crippen LogP contribution in [0.1, 0.15) is 55.3 Å². The number of benzene rings is 1. The number of piperazine rings is 1. The first-order valence-electron chi connectivity index (χ1n) is 11.9. The monoisotopic (exact) mass is 424 g/mol. The van der Waals surface area contributed by atoms with E-state index in [0.29, 0.717) is 30.2 Å². The Morgan fingerprint density at radius 2 is 1.45 bits per heavy atom. The summed E-state index contributed by atoms with van der Waals surface area (Å²) in [5.41, 5.74) is 2.28. The second-order valence-electron chi connectivity index (χ2n) is 9.43. The fourth-order valence-electron chi connectivity index (χ4n) is 4.67. The fraction of sp³-hybridized carbons (Fsp3) is 0.625. The number of hydrogen-bond donors (Lipinski definition) is 1. The molecule has 5 rings (SSSR count). The first kappa shape index (κ1) is 20.3. The number of likely N-dealkylation sites (tertiary alicyclic amines) is 1. The van der Waals surface area contributed by atoms with Crippen LogP contribution in [0.2, 0.25) is 0 Å². The van der Waals surface area contributed by atoms with Crippen molar-refractivity contribution < 1.29 is 14.4 Å². The lowest BCUT2D eigenvalue weighted by atomic mass is 10.1. The van der Waals surface area contributed by atoms with Gasteiger partial charge >= 0.3 is 0 Å². The Morgan fingerprint density at radius 3 is 2.10 bits per heavy atom. The van der Waals surface area contributed by atoms with Crippen molar-refractivity contribution in [2.45, 2.75) is 44.9 Å². The minimum Gasteiger partial charge on any atom is -0.367 e. The summed E-state index contributed by atoms with van der Waals surface area (Å²) in [4.78, 5) is 44.2. The third kappa shape index (κ3) is 4.55. The van der Waals surface area contributed by atoms with Crippen LogP contribution in [-0.2, 0) is 9.59 Å². The van der Waals surface area contributed by atoms with Crippen molar-refractivity contribution in [3.8, 4) is 0 Å². The van der Waals surface area contributed by atoms with Crippen LogP contribution >= 0.6 is 0 Å². The van der Waals surface area contributed by atoms with Gasteiger partial charge in [0.05, 0.1) is 5.56 Å². The van der Waals surface area contributed by atoms with Crippen LogP contribution in [0.4, 0.5) is 11.4 Å². The number of hydrogen-bond acceptors (Lipinski definition) is 4. The van der Waals surface area contributed by atoms with Gasteiger partial charge in [0.1, 0.15) is 0 Å². The number of carbonyl (C=O) groups excluding carboxylic acids is 3. The summed E-state index contributed by atoms with van der Waals surface area (Å²) in [5.74, 6) is 0.766. The number of rotatable bonds is 5. The predicted molar refractivity (Wildman–Crippen MR) is 119 cm³/mol. The molecule has 0 unspecified atom stereocenters. The molecule has 1 N–H and O–H groups in total. The van der Waals surface area contributed by atoms with Gasteiger partial charge in [-0.05, 0) is 63.1 Å². The smallest absolute Gasteiger partial charge is 0.256 e. The van der Waals surface area contributed by atoms with E-state index >= 15 is 0 Å². The highest BCUT2D eigenvalue weighted by molar-refractivity contribution is 6.02. The molecule has 31 heavy (non-hydrogen) atoms. The molecule has 7 nitrogen and oxygen atoms in total. The van der Waals surface area contributed by atoms with Gasteiger partial charge in [0.2, 0.25) is 11.8 Å². The first-order chi connectivity index (χ1) is 15.1. The van der Waals surface area contributed by atoms with Crippen molar-refractivity contribution in [3.05, 3.63) is 23.8 Å². The average molecular weight is 425 g/mol. The standard InChI is InChI=1S/C24H32N4O3/c29-22(17-4-5-17)25-19-8-9-21(20(16-19)24(31)27-10-2-1-3-11-27)26-12-14-28(15-13-26)23(30)18-6-7-18/h8-9,16-18H,1-7,10-15H2,(H,25,29). The van der Waals surface area contributed by atoms with Crippen LogP contribution in [0.15, 0.2) is 18.2 Å². The normalized spacial score (nSPS) is 21.7. The minimum absolute atomic E-state index is 0.0497. The van der Waals surface area contributed by atoms with E-state index in [4.69, 9.17) is 0 Å². The summed E-state index contributed by atoms with van der Waals surface area (Å²) in [7, 11) is 0. The van der Waals surface area contributed by atoms with Crippen molar-refractivity contribution in [3.63, 3.8) is 0 Å². The molecule has 0 bridgehead atoms. The van der Waals surface area contributed by atoms with Gasteiger partial charge in [-0.2, -0.15) is 0 Å². The molecular weight excluding hydrogens is 392 g/mol. The molecular formula is C24H32N4O3. The lowest BCUT2D eigenvalue weighted by molar-refractivity contribution is -0.132. The van der Waals surface area contributed by atoms with Crippen LogP contribution in [0, 0.1) is 11.8 Å². The van der Waals surface area contributed by atoms with Crippen LogP contribution in [0.25, 0.3) is 0 Å². The van der Waals surface area contributed by atoms with E-state index in [1.807, 2.05) is 28.0 Å². The van der Waals surface area contributed by atoms with Crippen LogP contribution in [0.3, 0.4) is 0 Å². The Labute approximate surface area is 183 Å². The van der Waals surface area contributed by atoms with Crippen LogP contribution in [0.5, 0.6) is 0 Å². The predicted octanol–water partition coefficient (Wildman–Crippen LogP) is 2.72. The highest BCUT2D eigenvalue weighted by Crippen LogP contribution is 2.33. The molecule has 0 aromatic heterocycles. The van der Waals surface area contributed by atoms with E-state index in [9.17, 15) is 14.4 Å². The Hall–Kier alpha value is -2.57. The SMILES string of the molecule is O=C(Nc1ccc(N2CCN(C(=O)C3CC3)CC2)c(C(=O)N2CCCCC2)c1)C1CC1. The quantitative estimate of drug-likeness (QED) is 0.789. The molecule has 2 heterocycles. The molecule has 7 heteroatoms. The molecule has 1 aromatic rings. The molecule has 4 aliphatic rings. The molecule has 2 saturated carbocycles. The molecule has 4 fully saturated rings. The van der Waals surface area contributed by atoms with E-state index in [-0.39, 0.29) is 23.7 Å². The Bertz CT molecular complexity index is 864. The van der Waals surface area contributed by atoms with E-state index in [2.05, 4.69) is 10.2 Å². The fourth-order valence-corrected chi connectivity index (χ4v) is 4.67. The molecule has 0 atom stereocenters. The first-order valence-corrected chi connectivity index (χ1v) is 11.9. The largest absolute Gasteiger partial charge is 0.367 e. The van der Waals surface area contributed by atoms with Crippen LogP contribution in [-0.4, -0.2) is 66.8 Å². The van der Waals surface area contributed by atoms with Gasteiger partial charge in [-0.25, -0.2) is 0 Å². The maximum absolute atomic E-state index is 13.4. The third-order valence-corrected chi connectivity index (χ3v) is 6.94. The summed E-state index contributed by atoms with van der Waals surface area (Å²) in [6.45, 7) is 4.44. The molecule has 1 aromatic carbocycles. The zero-order valence-electron chi connectivity index (χ0n) is 18.1. The minimum atomic E-state index is 0.0497.